The zero-order chi connectivity index (χ0) is 15.2. The molecule has 0 spiro atoms. The predicted octanol–water partition coefficient (Wildman–Crippen LogP) is 2.34. The molecule has 0 saturated heterocycles. The van der Waals surface area contributed by atoms with Crippen LogP contribution in [0, 0.1) is 5.82 Å². The van der Waals surface area contributed by atoms with E-state index in [4.69, 9.17) is 5.11 Å². The van der Waals surface area contributed by atoms with Crippen molar-refractivity contribution in [3.8, 4) is 0 Å². The summed E-state index contributed by atoms with van der Waals surface area (Å²) in [6.45, 7) is 0.395. The summed E-state index contributed by atoms with van der Waals surface area (Å²) >= 11 is 1.50. The van der Waals surface area contributed by atoms with Crippen LogP contribution >= 0.6 is 11.3 Å². The van der Waals surface area contributed by atoms with Crippen molar-refractivity contribution in [3.63, 3.8) is 0 Å². The van der Waals surface area contributed by atoms with Gasteiger partial charge in [-0.2, -0.15) is 0 Å². The first-order valence-electron chi connectivity index (χ1n) is 6.02. The van der Waals surface area contributed by atoms with Crippen LogP contribution in [0.3, 0.4) is 0 Å². The summed E-state index contributed by atoms with van der Waals surface area (Å²) in [6.07, 6.45) is 2.29. The quantitative estimate of drug-likeness (QED) is 0.790. The minimum Gasteiger partial charge on any atom is -0.478 e. The number of rotatable bonds is 5. The molecule has 0 aliphatic heterocycles. The second kappa shape index (κ2) is 6.80. The molecule has 21 heavy (non-hydrogen) atoms. The summed E-state index contributed by atoms with van der Waals surface area (Å²) in [6, 6.07) is 2.86. The molecule has 0 atom stereocenters. The maximum atomic E-state index is 13.2. The first-order chi connectivity index (χ1) is 10.1. The molecule has 1 aromatic carbocycles. The molecule has 2 amide bonds. The van der Waals surface area contributed by atoms with Crippen LogP contribution in [0.5, 0.6) is 0 Å². The largest absolute Gasteiger partial charge is 0.478 e. The van der Waals surface area contributed by atoms with Crippen LogP contribution < -0.4 is 10.6 Å². The summed E-state index contributed by atoms with van der Waals surface area (Å²) in [5.41, 5.74) is -0.281. The molecule has 0 unspecified atom stereocenters. The van der Waals surface area contributed by atoms with Gasteiger partial charge in [0.25, 0.3) is 0 Å². The second-order valence-electron chi connectivity index (χ2n) is 4.06. The van der Waals surface area contributed by atoms with Gasteiger partial charge in [0.05, 0.1) is 10.6 Å². The zero-order valence-electron chi connectivity index (χ0n) is 10.8. The van der Waals surface area contributed by atoms with Crippen LogP contribution in [-0.2, 0) is 6.42 Å². The van der Waals surface area contributed by atoms with Gasteiger partial charge in [0, 0.05) is 30.2 Å². The Morgan fingerprint density at radius 2 is 2.19 bits per heavy atom. The highest BCUT2D eigenvalue weighted by atomic mass is 32.1. The number of aromatic nitrogens is 1. The molecule has 8 heteroatoms. The van der Waals surface area contributed by atoms with E-state index in [2.05, 4.69) is 15.6 Å². The molecule has 6 nitrogen and oxygen atoms in total. The maximum Gasteiger partial charge on any atom is 0.338 e. The van der Waals surface area contributed by atoms with E-state index in [0.29, 0.717) is 13.0 Å². The van der Waals surface area contributed by atoms with Crippen LogP contribution in [0.4, 0.5) is 14.9 Å². The van der Waals surface area contributed by atoms with Crippen molar-refractivity contribution in [2.75, 3.05) is 11.9 Å². The summed E-state index contributed by atoms with van der Waals surface area (Å²) in [4.78, 5) is 26.5. The second-order valence-corrected chi connectivity index (χ2v) is 5.04. The maximum absolute atomic E-state index is 13.2. The lowest BCUT2D eigenvalue weighted by molar-refractivity contribution is 0.0692. The number of nitrogens with one attached hydrogen (secondary N) is 2. The molecule has 0 aliphatic carbocycles. The highest BCUT2D eigenvalue weighted by Gasteiger charge is 2.11. The molecule has 2 aromatic rings. The Labute approximate surface area is 123 Å². The van der Waals surface area contributed by atoms with Gasteiger partial charge in [0.15, 0.2) is 0 Å². The van der Waals surface area contributed by atoms with Crippen LogP contribution in [0.1, 0.15) is 15.4 Å². The van der Waals surface area contributed by atoms with E-state index in [1.807, 2.05) is 5.38 Å². The molecule has 0 radical (unpaired) electrons. The fourth-order valence-corrected chi connectivity index (χ4v) is 2.22. The van der Waals surface area contributed by atoms with E-state index >= 15 is 0 Å². The molecule has 1 heterocycles. The van der Waals surface area contributed by atoms with Gasteiger partial charge in [-0.05, 0) is 18.2 Å². The van der Waals surface area contributed by atoms with Gasteiger partial charge < -0.3 is 15.7 Å². The van der Waals surface area contributed by atoms with E-state index in [-0.39, 0.29) is 5.69 Å². The summed E-state index contributed by atoms with van der Waals surface area (Å²) < 4.78 is 13.2. The molecule has 0 fully saturated rings. The summed E-state index contributed by atoms with van der Waals surface area (Å²) in [5, 5.41) is 16.6. The van der Waals surface area contributed by atoms with Crippen LogP contribution in [0.15, 0.2) is 29.8 Å². The number of thiazole rings is 1. The topological polar surface area (TPSA) is 91.3 Å². The number of carbonyl (C=O) groups is 2. The molecule has 1 aromatic heterocycles. The van der Waals surface area contributed by atoms with Gasteiger partial charge in [-0.3, -0.25) is 0 Å². The normalized spacial score (nSPS) is 10.1. The fraction of sp³-hybridized carbons (Fsp3) is 0.154. The monoisotopic (exact) mass is 309 g/mol. The lowest BCUT2D eigenvalue weighted by Crippen LogP contribution is -2.30. The molecule has 0 aliphatic rings. The first kappa shape index (κ1) is 14.9. The average molecular weight is 309 g/mol. The number of amides is 2. The Morgan fingerprint density at radius 3 is 2.86 bits per heavy atom. The molecular formula is C13H12FN3O3S. The number of anilines is 1. The predicted molar refractivity (Wildman–Crippen MR) is 76.2 cm³/mol. The van der Waals surface area contributed by atoms with E-state index in [1.165, 1.54) is 17.4 Å². The Kier molecular flexibility index (Phi) is 4.83. The van der Waals surface area contributed by atoms with Gasteiger partial charge in [-0.1, -0.05) is 0 Å². The molecule has 110 valence electrons. The Bertz CT molecular complexity index is 646. The Morgan fingerprint density at radius 1 is 1.38 bits per heavy atom. The lowest BCUT2D eigenvalue weighted by atomic mass is 10.2. The minimum absolute atomic E-state index is 0.209. The minimum atomic E-state index is -1.39. The number of nitrogens with zero attached hydrogens (tertiary/aromatic N) is 1. The van der Waals surface area contributed by atoms with Crippen molar-refractivity contribution >= 4 is 29.0 Å². The number of hydrogen-bond donors (Lipinski definition) is 3. The molecular weight excluding hydrogens is 297 g/mol. The van der Waals surface area contributed by atoms with Crippen molar-refractivity contribution in [3.05, 3.63) is 46.2 Å². The lowest BCUT2D eigenvalue weighted by Gasteiger charge is -2.08. The van der Waals surface area contributed by atoms with Gasteiger partial charge in [0.1, 0.15) is 5.82 Å². The molecule has 3 N–H and O–H groups in total. The molecule has 2 rings (SSSR count). The van der Waals surface area contributed by atoms with E-state index in [1.54, 1.807) is 6.20 Å². The van der Waals surface area contributed by atoms with Crippen molar-refractivity contribution in [2.45, 2.75) is 6.42 Å². The van der Waals surface area contributed by atoms with Crippen molar-refractivity contribution in [1.82, 2.24) is 10.3 Å². The highest BCUT2D eigenvalue weighted by Crippen LogP contribution is 2.14. The van der Waals surface area contributed by atoms with E-state index in [0.717, 1.165) is 17.1 Å². The Hall–Kier alpha value is -2.48. The van der Waals surface area contributed by atoms with Gasteiger partial charge in [0.2, 0.25) is 0 Å². The van der Waals surface area contributed by atoms with Crippen molar-refractivity contribution in [2.24, 2.45) is 0 Å². The number of benzene rings is 1. The van der Waals surface area contributed by atoms with E-state index in [9.17, 15) is 14.0 Å². The van der Waals surface area contributed by atoms with Gasteiger partial charge in [-0.25, -0.2) is 19.0 Å². The number of aromatic carboxylic acids is 1. The summed E-state index contributed by atoms with van der Waals surface area (Å²) in [5.74, 6) is -2.24. The fourth-order valence-electron chi connectivity index (χ4n) is 1.60. The summed E-state index contributed by atoms with van der Waals surface area (Å²) in [7, 11) is 0. The zero-order valence-corrected chi connectivity index (χ0v) is 11.6. The third-order valence-electron chi connectivity index (χ3n) is 2.56. The molecule has 0 bridgehead atoms. The van der Waals surface area contributed by atoms with Crippen LogP contribution in [0.2, 0.25) is 0 Å². The number of urea groups is 1. The Balaban J connectivity index is 1.87. The van der Waals surface area contributed by atoms with Gasteiger partial charge in [-0.15, -0.1) is 11.3 Å². The number of halogens is 1. The molecule has 0 saturated carbocycles. The van der Waals surface area contributed by atoms with Gasteiger partial charge >= 0.3 is 12.0 Å². The van der Waals surface area contributed by atoms with Crippen LogP contribution in [0.25, 0.3) is 0 Å². The SMILES string of the molecule is O=C(NCCc1nccs1)Nc1ccc(F)c(C(=O)O)c1. The highest BCUT2D eigenvalue weighted by molar-refractivity contribution is 7.09. The smallest absolute Gasteiger partial charge is 0.338 e. The van der Waals surface area contributed by atoms with Crippen LogP contribution in [-0.4, -0.2) is 28.6 Å². The average Bonchev–Trinajstić information content (AvgIpc) is 2.94. The number of carbonyl (C=O) groups excluding carboxylic acids is 1. The number of hydrogen-bond acceptors (Lipinski definition) is 4. The number of carboxylic acids is 1. The van der Waals surface area contributed by atoms with E-state index < -0.39 is 23.4 Å². The first-order valence-corrected chi connectivity index (χ1v) is 6.90. The third kappa shape index (κ3) is 4.25. The van der Waals surface area contributed by atoms with Crippen molar-refractivity contribution in [1.29, 1.82) is 0 Å². The number of carboxylic acid groups (broad SMARTS) is 1. The standard InChI is InChI=1S/C13H12FN3O3S/c14-10-2-1-8(7-9(10)12(18)19)17-13(20)16-4-3-11-15-5-6-21-11/h1-2,5-7H,3-4H2,(H,18,19)(H2,16,17,20). The third-order valence-corrected chi connectivity index (χ3v) is 3.40. The van der Waals surface area contributed by atoms with Crippen molar-refractivity contribution < 1.29 is 19.1 Å².